The number of rotatable bonds is 9. The molecule has 0 bridgehead atoms. The summed E-state index contributed by atoms with van der Waals surface area (Å²) in [6.45, 7) is 0.0104. The Bertz CT molecular complexity index is 2450. The molecule has 0 saturated carbocycles. The van der Waals surface area contributed by atoms with Crippen LogP contribution in [0.15, 0.2) is 175 Å². The highest BCUT2D eigenvalue weighted by atomic mass is 35.5. The average Bonchev–Trinajstić information content (AvgIpc) is 3.66. The summed E-state index contributed by atoms with van der Waals surface area (Å²) >= 11 is 12.4. The number of hydrogen-bond donors (Lipinski definition) is 1. The Labute approximate surface area is 327 Å². The van der Waals surface area contributed by atoms with E-state index in [2.05, 4.69) is 46.3 Å². The molecule has 0 aliphatic carbocycles. The average molecular weight is 765 g/mol. The lowest BCUT2D eigenvalue weighted by atomic mass is 9.77. The molecule has 1 atom stereocenters. The molecule has 0 saturated heterocycles. The molecular weight excluding hydrogens is 732 g/mol. The Balaban J connectivity index is 1.25. The van der Waals surface area contributed by atoms with Crippen LogP contribution in [0.4, 0.5) is 10.1 Å². The van der Waals surface area contributed by atoms with Gasteiger partial charge in [0.25, 0.3) is 11.8 Å². The van der Waals surface area contributed by atoms with Crippen LogP contribution in [0.3, 0.4) is 0 Å². The number of anilines is 1. The molecule has 8 rings (SSSR count). The maximum Gasteiger partial charge on any atom is 0.272 e. The van der Waals surface area contributed by atoms with E-state index in [1.165, 1.54) is 29.2 Å². The van der Waals surface area contributed by atoms with E-state index in [9.17, 15) is 9.59 Å². The SMILES string of the molecule is O=C(N[C@H]1N=C(c2ccccc2F)c2ccccc2N(Cc2cn(C(c3ccccc3)(c3ccccc3)c3ccccc3)cn2)C1=O)c1ccc(Cl)c(Cl)c1. The molecule has 7 aromatic rings. The fourth-order valence-electron chi connectivity index (χ4n) is 7.18. The third-order valence-corrected chi connectivity index (χ3v) is 10.4. The molecule has 1 aliphatic rings. The number of aromatic nitrogens is 2. The summed E-state index contributed by atoms with van der Waals surface area (Å²) in [6.07, 6.45) is 2.28. The second-order valence-corrected chi connectivity index (χ2v) is 13.8. The molecule has 2 amide bonds. The van der Waals surface area contributed by atoms with E-state index in [-0.39, 0.29) is 33.4 Å². The fourth-order valence-corrected chi connectivity index (χ4v) is 7.47. The molecule has 55 heavy (non-hydrogen) atoms. The molecule has 0 unspecified atom stereocenters. The van der Waals surface area contributed by atoms with Crippen molar-refractivity contribution in [2.45, 2.75) is 18.2 Å². The first-order valence-electron chi connectivity index (χ1n) is 17.5. The van der Waals surface area contributed by atoms with Crippen LogP contribution in [-0.2, 0) is 16.9 Å². The molecular formula is C45H32Cl2FN5O2. The van der Waals surface area contributed by atoms with Gasteiger partial charge in [-0.15, -0.1) is 0 Å². The molecule has 270 valence electrons. The predicted octanol–water partition coefficient (Wildman–Crippen LogP) is 9.31. The Hall–Kier alpha value is -6.35. The predicted molar refractivity (Wildman–Crippen MR) is 214 cm³/mol. The van der Waals surface area contributed by atoms with Crippen LogP contribution in [0.5, 0.6) is 0 Å². The number of nitrogens with zero attached hydrogens (tertiary/aromatic N) is 4. The van der Waals surface area contributed by atoms with E-state index in [1.807, 2.05) is 60.8 Å². The molecule has 6 aromatic carbocycles. The maximum atomic E-state index is 15.5. The van der Waals surface area contributed by atoms with Gasteiger partial charge < -0.3 is 14.8 Å². The monoisotopic (exact) mass is 763 g/mol. The number of para-hydroxylation sites is 1. The molecule has 0 radical (unpaired) electrons. The summed E-state index contributed by atoms with van der Waals surface area (Å²) in [6, 6.07) is 48.4. The van der Waals surface area contributed by atoms with Crippen LogP contribution >= 0.6 is 23.2 Å². The van der Waals surface area contributed by atoms with Gasteiger partial charge in [-0.3, -0.25) is 9.59 Å². The van der Waals surface area contributed by atoms with E-state index in [0.29, 0.717) is 16.9 Å². The standard InChI is InChI=1S/C45H32Cl2FN5O2/c46-37-25-24-30(26-38(37)47)43(54)51-42-44(55)53(40-23-13-11-21-36(40)41(50-42)35-20-10-12-22-39(35)48)28-34-27-52(29-49-34)45(31-14-4-1-5-15-31,32-16-6-2-7-17-32)33-18-8-3-9-19-33/h1-27,29,42H,28H2,(H,51,54)/t42-/m1/s1. The van der Waals surface area contributed by atoms with Crippen molar-refractivity contribution in [2.24, 2.45) is 4.99 Å². The first-order valence-corrected chi connectivity index (χ1v) is 18.3. The molecule has 0 fully saturated rings. The van der Waals surface area contributed by atoms with Crippen molar-refractivity contribution in [1.82, 2.24) is 14.9 Å². The van der Waals surface area contributed by atoms with Crippen LogP contribution in [0.2, 0.25) is 10.0 Å². The second kappa shape index (κ2) is 15.2. The Morgan fingerprint density at radius 1 is 0.709 bits per heavy atom. The number of amides is 2. The van der Waals surface area contributed by atoms with Gasteiger partial charge in [-0.05, 0) is 53.1 Å². The molecule has 2 heterocycles. The van der Waals surface area contributed by atoms with Gasteiger partial charge in [-0.2, -0.15) is 0 Å². The van der Waals surface area contributed by atoms with Crippen LogP contribution in [0, 0.1) is 5.82 Å². The van der Waals surface area contributed by atoms with Gasteiger partial charge in [0, 0.05) is 22.9 Å². The van der Waals surface area contributed by atoms with E-state index in [0.717, 1.165) is 16.7 Å². The van der Waals surface area contributed by atoms with Crippen molar-refractivity contribution >= 4 is 46.4 Å². The minimum absolute atomic E-state index is 0.0104. The highest BCUT2D eigenvalue weighted by molar-refractivity contribution is 6.42. The van der Waals surface area contributed by atoms with Gasteiger partial charge in [0.15, 0.2) is 0 Å². The lowest BCUT2D eigenvalue weighted by Gasteiger charge is -2.37. The molecule has 0 spiro atoms. The van der Waals surface area contributed by atoms with Crippen LogP contribution in [0.1, 0.15) is 43.9 Å². The zero-order chi connectivity index (χ0) is 37.9. The van der Waals surface area contributed by atoms with Crippen LogP contribution in [-0.4, -0.2) is 33.2 Å². The quantitative estimate of drug-likeness (QED) is 0.149. The summed E-state index contributed by atoms with van der Waals surface area (Å²) in [7, 11) is 0. The van der Waals surface area contributed by atoms with Gasteiger partial charge >= 0.3 is 0 Å². The van der Waals surface area contributed by atoms with Gasteiger partial charge in [-0.1, -0.05) is 145 Å². The number of benzodiazepines with no additional fused rings is 1. The van der Waals surface area contributed by atoms with E-state index in [4.69, 9.17) is 33.2 Å². The second-order valence-electron chi connectivity index (χ2n) is 13.0. The maximum absolute atomic E-state index is 15.5. The smallest absolute Gasteiger partial charge is 0.272 e. The summed E-state index contributed by atoms with van der Waals surface area (Å²) in [5.74, 6) is -1.67. The minimum atomic E-state index is -1.44. The first-order chi connectivity index (χ1) is 26.8. The number of imidazole rings is 1. The molecule has 7 nitrogen and oxygen atoms in total. The third kappa shape index (κ3) is 6.71. The Kier molecular flexibility index (Phi) is 9.84. The molecule has 1 aliphatic heterocycles. The number of fused-ring (bicyclic) bond motifs is 1. The number of nitrogens with one attached hydrogen (secondary N) is 1. The Morgan fingerprint density at radius 2 is 1.27 bits per heavy atom. The highest BCUT2D eigenvalue weighted by Crippen LogP contribution is 2.41. The zero-order valence-corrected chi connectivity index (χ0v) is 30.7. The van der Waals surface area contributed by atoms with Crippen LogP contribution in [0.25, 0.3) is 0 Å². The van der Waals surface area contributed by atoms with Crippen molar-refractivity contribution in [1.29, 1.82) is 0 Å². The normalized spacial score (nSPS) is 14.2. The summed E-state index contributed by atoms with van der Waals surface area (Å²) in [4.78, 5) is 39.6. The van der Waals surface area contributed by atoms with E-state index < -0.39 is 29.3 Å². The zero-order valence-electron chi connectivity index (χ0n) is 29.2. The summed E-state index contributed by atoms with van der Waals surface area (Å²) < 4.78 is 17.6. The highest BCUT2D eigenvalue weighted by Gasteiger charge is 2.39. The lowest BCUT2D eigenvalue weighted by Crippen LogP contribution is -2.47. The van der Waals surface area contributed by atoms with Crippen molar-refractivity contribution < 1.29 is 14.0 Å². The number of benzene rings is 6. The fraction of sp³-hybridized carbons (Fsp3) is 0.0667. The lowest BCUT2D eigenvalue weighted by molar-refractivity contribution is -0.120. The summed E-state index contributed by atoms with van der Waals surface area (Å²) in [5.41, 5.74) is 4.35. The van der Waals surface area contributed by atoms with Crippen molar-refractivity contribution in [2.75, 3.05) is 4.90 Å². The molecule has 1 aromatic heterocycles. The van der Waals surface area contributed by atoms with Crippen molar-refractivity contribution in [3.8, 4) is 0 Å². The first kappa shape index (κ1) is 35.7. The topological polar surface area (TPSA) is 79.6 Å². The molecule has 10 heteroatoms. The van der Waals surface area contributed by atoms with Gasteiger partial charge in [0.05, 0.1) is 40.0 Å². The number of halogens is 3. The summed E-state index contributed by atoms with van der Waals surface area (Å²) in [5, 5.41) is 3.23. The Morgan fingerprint density at radius 3 is 1.87 bits per heavy atom. The van der Waals surface area contributed by atoms with E-state index in [1.54, 1.807) is 48.8 Å². The van der Waals surface area contributed by atoms with E-state index >= 15 is 4.39 Å². The third-order valence-electron chi connectivity index (χ3n) is 9.70. The number of hydrogen-bond acceptors (Lipinski definition) is 4. The van der Waals surface area contributed by atoms with Crippen molar-refractivity contribution in [3.05, 3.63) is 225 Å². The van der Waals surface area contributed by atoms with Crippen LogP contribution < -0.4 is 10.2 Å². The van der Waals surface area contributed by atoms with Gasteiger partial charge in [0.1, 0.15) is 11.4 Å². The van der Waals surface area contributed by atoms with Crippen molar-refractivity contribution in [3.63, 3.8) is 0 Å². The number of carbonyl (C=O) groups excluding carboxylic acids is 2. The number of aliphatic imine (C=N–C) groups is 1. The number of carbonyl (C=O) groups is 2. The van der Waals surface area contributed by atoms with Gasteiger partial charge in [-0.25, -0.2) is 14.4 Å². The molecule has 1 N–H and O–H groups in total. The largest absolute Gasteiger partial charge is 0.322 e. The van der Waals surface area contributed by atoms with Gasteiger partial charge in [0.2, 0.25) is 6.17 Å². The minimum Gasteiger partial charge on any atom is -0.322 e.